The second-order valence-corrected chi connectivity index (χ2v) is 5.71. The smallest absolute Gasteiger partial charge is 0.0291 e. The molecule has 1 atom stereocenters. The third-order valence-electron chi connectivity index (χ3n) is 3.77. The van der Waals surface area contributed by atoms with E-state index in [2.05, 4.69) is 50.4 Å². The van der Waals surface area contributed by atoms with Crippen LogP contribution in [-0.4, -0.2) is 6.54 Å². The molecule has 0 aromatic heterocycles. The quantitative estimate of drug-likeness (QED) is 0.556. The number of benzene rings is 1. The highest BCUT2D eigenvalue weighted by Crippen LogP contribution is 2.14. The summed E-state index contributed by atoms with van der Waals surface area (Å²) in [5, 5.41) is 3.63. The summed E-state index contributed by atoms with van der Waals surface area (Å²) < 4.78 is 0. The monoisotopic (exact) mass is 261 g/mol. The topological polar surface area (TPSA) is 12.0 Å². The molecule has 0 fully saturated rings. The minimum atomic E-state index is 0.472. The zero-order valence-electron chi connectivity index (χ0n) is 13.0. The highest BCUT2D eigenvalue weighted by atomic mass is 14.9. The highest BCUT2D eigenvalue weighted by Gasteiger charge is 2.03. The molecule has 0 saturated carbocycles. The van der Waals surface area contributed by atoms with E-state index < -0.39 is 0 Å². The van der Waals surface area contributed by atoms with Gasteiger partial charge in [-0.1, -0.05) is 75.3 Å². The van der Waals surface area contributed by atoms with Crippen LogP contribution in [0.15, 0.2) is 24.3 Å². The third-order valence-corrected chi connectivity index (χ3v) is 3.77. The Morgan fingerprint density at radius 1 is 1.00 bits per heavy atom. The van der Waals surface area contributed by atoms with Gasteiger partial charge >= 0.3 is 0 Å². The van der Waals surface area contributed by atoms with Crippen LogP contribution in [0.25, 0.3) is 0 Å². The fraction of sp³-hybridized carbons (Fsp3) is 0.667. The Bertz CT molecular complexity index is 332. The lowest BCUT2D eigenvalue weighted by molar-refractivity contribution is 0.524. The first-order chi connectivity index (χ1) is 9.24. The molecule has 1 heteroatoms. The summed E-state index contributed by atoms with van der Waals surface area (Å²) in [5.41, 5.74) is 2.75. The molecule has 0 aliphatic rings. The fourth-order valence-corrected chi connectivity index (χ4v) is 2.46. The molecule has 0 heterocycles. The summed E-state index contributed by atoms with van der Waals surface area (Å²) in [7, 11) is 0. The lowest BCUT2D eigenvalue weighted by atomic mass is 10.1. The van der Waals surface area contributed by atoms with E-state index in [-0.39, 0.29) is 0 Å². The first kappa shape index (κ1) is 16.2. The van der Waals surface area contributed by atoms with E-state index >= 15 is 0 Å². The van der Waals surface area contributed by atoms with Gasteiger partial charge in [0.15, 0.2) is 0 Å². The van der Waals surface area contributed by atoms with E-state index in [1.165, 1.54) is 56.1 Å². The normalized spacial score (nSPS) is 12.6. The van der Waals surface area contributed by atoms with Gasteiger partial charge in [-0.2, -0.15) is 0 Å². The van der Waals surface area contributed by atoms with Crippen LogP contribution in [0.3, 0.4) is 0 Å². The van der Waals surface area contributed by atoms with Gasteiger partial charge in [-0.3, -0.25) is 0 Å². The summed E-state index contributed by atoms with van der Waals surface area (Å²) >= 11 is 0. The minimum Gasteiger partial charge on any atom is -0.310 e. The maximum atomic E-state index is 3.63. The maximum absolute atomic E-state index is 3.63. The van der Waals surface area contributed by atoms with E-state index in [1.807, 2.05) is 0 Å². The first-order valence-electron chi connectivity index (χ1n) is 8.04. The molecule has 108 valence electrons. The van der Waals surface area contributed by atoms with Crippen molar-refractivity contribution < 1.29 is 0 Å². The molecular weight excluding hydrogens is 230 g/mol. The molecule has 0 unspecified atom stereocenters. The van der Waals surface area contributed by atoms with Crippen molar-refractivity contribution in [3.05, 3.63) is 35.4 Å². The molecule has 0 bridgehead atoms. The van der Waals surface area contributed by atoms with Gasteiger partial charge in [0.05, 0.1) is 0 Å². The van der Waals surface area contributed by atoms with Crippen LogP contribution in [0.1, 0.15) is 76.0 Å². The first-order valence-corrected chi connectivity index (χ1v) is 8.04. The molecule has 19 heavy (non-hydrogen) atoms. The predicted molar refractivity (Wildman–Crippen MR) is 85.6 cm³/mol. The van der Waals surface area contributed by atoms with E-state index in [0.29, 0.717) is 6.04 Å². The maximum Gasteiger partial charge on any atom is 0.0291 e. The Balaban J connectivity index is 2.06. The molecule has 0 aliphatic heterocycles. The zero-order chi connectivity index (χ0) is 13.9. The van der Waals surface area contributed by atoms with Crippen LogP contribution >= 0.6 is 0 Å². The van der Waals surface area contributed by atoms with Crippen LogP contribution in [0.2, 0.25) is 0 Å². The summed E-state index contributed by atoms with van der Waals surface area (Å²) in [6.45, 7) is 7.84. The highest BCUT2D eigenvalue weighted by molar-refractivity contribution is 5.24. The zero-order valence-corrected chi connectivity index (χ0v) is 13.0. The molecule has 0 aliphatic carbocycles. The molecule has 1 rings (SSSR count). The van der Waals surface area contributed by atoms with Gasteiger partial charge in [0.2, 0.25) is 0 Å². The van der Waals surface area contributed by atoms with E-state index in [0.717, 1.165) is 6.54 Å². The lowest BCUT2D eigenvalue weighted by Crippen LogP contribution is -2.19. The van der Waals surface area contributed by atoms with E-state index in [9.17, 15) is 0 Å². The second-order valence-electron chi connectivity index (χ2n) is 5.71. The predicted octanol–water partition coefficient (Wildman–Crippen LogP) is 5.40. The molecular formula is C18H31N. The number of aryl methyl sites for hydroxylation is 1. The standard InChI is InChI=1S/C18H31N/c1-4-5-6-7-8-9-10-14-19-17(3)18-13-11-12-16(2)15-18/h11-13,15,17,19H,4-10,14H2,1-3H3/t17-/m1/s1. The molecule has 0 radical (unpaired) electrons. The van der Waals surface area contributed by atoms with Crippen molar-refractivity contribution in [1.82, 2.24) is 5.32 Å². The van der Waals surface area contributed by atoms with Crippen molar-refractivity contribution >= 4 is 0 Å². The van der Waals surface area contributed by atoms with Gasteiger partial charge in [0.25, 0.3) is 0 Å². The molecule has 1 aromatic carbocycles. The molecule has 0 spiro atoms. The van der Waals surface area contributed by atoms with Crippen LogP contribution < -0.4 is 5.32 Å². The number of hydrogen-bond acceptors (Lipinski definition) is 1. The Labute approximate surface area is 119 Å². The molecule has 1 N–H and O–H groups in total. The van der Waals surface area contributed by atoms with Crippen molar-refractivity contribution in [2.24, 2.45) is 0 Å². The average Bonchev–Trinajstić information content (AvgIpc) is 2.41. The van der Waals surface area contributed by atoms with Crippen molar-refractivity contribution in [2.75, 3.05) is 6.54 Å². The SMILES string of the molecule is CCCCCCCCCN[C@H](C)c1cccc(C)c1. The van der Waals surface area contributed by atoms with Gasteiger partial charge in [0, 0.05) is 6.04 Å². The number of nitrogens with one attached hydrogen (secondary N) is 1. The van der Waals surface area contributed by atoms with Gasteiger partial charge in [-0.25, -0.2) is 0 Å². The number of unbranched alkanes of at least 4 members (excludes halogenated alkanes) is 6. The van der Waals surface area contributed by atoms with Gasteiger partial charge in [-0.15, -0.1) is 0 Å². The molecule has 0 saturated heterocycles. The van der Waals surface area contributed by atoms with Crippen LogP contribution in [-0.2, 0) is 0 Å². The largest absolute Gasteiger partial charge is 0.310 e. The third kappa shape index (κ3) is 7.37. The fourth-order valence-electron chi connectivity index (χ4n) is 2.46. The van der Waals surface area contributed by atoms with Gasteiger partial charge < -0.3 is 5.32 Å². The van der Waals surface area contributed by atoms with Crippen molar-refractivity contribution in [3.63, 3.8) is 0 Å². The number of rotatable bonds is 10. The van der Waals surface area contributed by atoms with Gasteiger partial charge in [0.1, 0.15) is 0 Å². The summed E-state index contributed by atoms with van der Waals surface area (Å²) in [4.78, 5) is 0. The summed E-state index contributed by atoms with van der Waals surface area (Å²) in [5.74, 6) is 0. The average molecular weight is 261 g/mol. The lowest BCUT2D eigenvalue weighted by Gasteiger charge is -2.14. The molecule has 1 aromatic rings. The van der Waals surface area contributed by atoms with Gasteiger partial charge in [-0.05, 0) is 32.4 Å². The second kappa shape index (κ2) is 10.0. The Morgan fingerprint density at radius 3 is 2.37 bits per heavy atom. The van der Waals surface area contributed by atoms with Crippen molar-refractivity contribution in [1.29, 1.82) is 0 Å². The Kier molecular flexibility index (Phi) is 8.57. The van der Waals surface area contributed by atoms with E-state index in [4.69, 9.17) is 0 Å². The van der Waals surface area contributed by atoms with Crippen LogP contribution in [0, 0.1) is 6.92 Å². The number of hydrogen-bond donors (Lipinski definition) is 1. The minimum absolute atomic E-state index is 0.472. The van der Waals surface area contributed by atoms with Crippen LogP contribution in [0.5, 0.6) is 0 Å². The van der Waals surface area contributed by atoms with E-state index in [1.54, 1.807) is 0 Å². The molecule has 1 nitrogen and oxygen atoms in total. The van der Waals surface area contributed by atoms with Crippen LogP contribution in [0.4, 0.5) is 0 Å². The van der Waals surface area contributed by atoms with Crippen molar-refractivity contribution in [2.45, 2.75) is 71.8 Å². The Hall–Kier alpha value is -0.820. The summed E-state index contributed by atoms with van der Waals surface area (Å²) in [6.07, 6.45) is 9.67. The Morgan fingerprint density at radius 2 is 1.68 bits per heavy atom. The molecule has 0 amide bonds. The van der Waals surface area contributed by atoms with Crippen molar-refractivity contribution in [3.8, 4) is 0 Å². The summed E-state index contributed by atoms with van der Waals surface area (Å²) in [6, 6.07) is 9.28.